The molecule has 0 amide bonds. The molecule has 3 heterocycles. The van der Waals surface area contributed by atoms with Gasteiger partial charge in [0.1, 0.15) is 0 Å². The van der Waals surface area contributed by atoms with Gasteiger partial charge in [-0.1, -0.05) is 0 Å². The molecule has 2 aliphatic rings. The predicted octanol–water partition coefficient (Wildman–Crippen LogP) is 0.637. The van der Waals surface area contributed by atoms with Gasteiger partial charge in [-0.15, -0.1) is 0 Å². The first-order chi connectivity index (χ1) is 8.22. The van der Waals surface area contributed by atoms with Crippen LogP contribution in [0.25, 0.3) is 0 Å². The SMILES string of the molecule is Cc1cn(CC2CN3CCCC3CO2)c(N)n1. The number of anilines is 1. The van der Waals surface area contributed by atoms with Crippen molar-refractivity contribution in [3.8, 4) is 0 Å². The van der Waals surface area contributed by atoms with Crippen molar-refractivity contribution < 1.29 is 4.74 Å². The van der Waals surface area contributed by atoms with Crippen molar-refractivity contribution in [3.63, 3.8) is 0 Å². The summed E-state index contributed by atoms with van der Waals surface area (Å²) in [6, 6.07) is 0.660. The van der Waals surface area contributed by atoms with E-state index in [-0.39, 0.29) is 6.10 Å². The van der Waals surface area contributed by atoms with Gasteiger partial charge in [-0.3, -0.25) is 4.90 Å². The Bertz CT molecular complexity index is 403. The van der Waals surface area contributed by atoms with Gasteiger partial charge in [0.25, 0.3) is 0 Å². The largest absolute Gasteiger partial charge is 0.373 e. The first kappa shape index (κ1) is 11.0. The third kappa shape index (κ3) is 2.17. The number of nitrogens with zero attached hydrogens (tertiary/aromatic N) is 3. The van der Waals surface area contributed by atoms with Crippen LogP contribution >= 0.6 is 0 Å². The zero-order valence-corrected chi connectivity index (χ0v) is 10.3. The lowest BCUT2D eigenvalue weighted by Gasteiger charge is -2.35. The number of aromatic nitrogens is 2. The maximum atomic E-state index is 5.91. The molecule has 17 heavy (non-hydrogen) atoms. The van der Waals surface area contributed by atoms with Gasteiger partial charge in [-0.2, -0.15) is 0 Å². The number of morpholine rings is 1. The molecule has 0 bridgehead atoms. The minimum Gasteiger partial charge on any atom is -0.373 e. The maximum Gasteiger partial charge on any atom is 0.200 e. The Labute approximate surface area is 102 Å². The van der Waals surface area contributed by atoms with E-state index >= 15 is 0 Å². The minimum atomic E-state index is 0.250. The number of ether oxygens (including phenoxy) is 1. The highest BCUT2D eigenvalue weighted by molar-refractivity contribution is 5.21. The van der Waals surface area contributed by atoms with Crippen LogP contribution in [-0.4, -0.2) is 46.3 Å². The average molecular weight is 236 g/mol. The normalized spacial score (nSPS) is 29.5. The van der Waals surface area contributed by atoms with Crippen LogP contribution in [0, 0.1) is 6.92 Å². The summed E-state index contributed by atoms with van der Waals surface area (Å²) in [5, 5.41) is 0. The van der Waals surface area contributed by atoms with E-state index in [1.54, 1.807) is 0 Å². The standard InChI is InChI=1S/C12H20N4O/c1-9-5-16(12(13)14-9)7-11-6-15-4-2-3-10(15)8-17-11/h5,10-11H,2-4,6-8H2,1H3,(H2,13,14). The molecule has 2 aliphatic heterocycles. The van der Waals surface area contributed by atoms with Crippen LogP contribution in [0.3, 0.4) is 0 Å². The van der Waals surface area contributed by atoms with Crippen LogP contribution in [0.2, 0.25) is 0 Å². The minimum absolute atomic E-state index is 0.250. The number of aryl methyl sites for hydroxylation is 1. The molecule has 3 rings (SSSR count). The van der Waals surface area contributed by atoms with Gasteiger partial charge in [0.2, 0.25) is 0 Å². The molecule has 0 aromatic carbocycles. The van der Waals surface area contributed by atoms with E-state index in [0.717, 1.165) is 25.4 Å². The molecular formula is C12H20N4O. The number of rotatable bonds is 2. The lowest BCUT2D eigenvalue weighted by atomic mass is 10.2. The predicted molar refractivity (Wildman–Crippen MR) is 65.7 cm³/mol. The van der Waals surface area contributed by atoms with Crippen molar-refractivity contribution in [1.82, 2.24) is 14.5 Å². The number of nitrogen functional groups attached to an aromatic ring is 1. The highest BCUT2D eigenvalue weighted by Crippen LogP contribution is 2.23. The highest BCUT2D eigenvalue weighted by Gasteiger charge is 2.32. The van der Waals surface area contributed by atoms with E-state index in [0.29, 0.717) is 12.0 Å². The molecule has 2 N–H and O–H groups in total. The van der Waals surface area contributed by atoms with Crippen molar-refractivity contribution in [2.75, 3.05) is 25.4 Å². The molecule has 5 heteroatoms. The van der Waals surface area contributed by atoms with Crippen LogP contribution < -0.4 is 5.73 Å². The molecule has 0 aliphatic carbocycles. The van der Waals surface area contributed by atoms with Crippen molar-refractivity contribution >= 4 is 5.95 Å². The van der Waals surface area contributed by atoms with Crippen LogP contribution in [0.15, 0.2) is 6.20 Å². The van der Waals surface area contributed by atoms with Crippen LogP contribution in [0.4, 0.5) is 5.95 Å². The second-order valence-electron chi connectivity index (χ2n) is 5.14. The monoisotopic (exact) mass is 236 g/mol. The van der Waals surface area contributed by atoms with Crippen LogP contribution in [0.1, 0.15) is 18.5 Å². The van der Waals surface area contributed by atoms with E-state index in [9.17, 15) is 0 Å². The first-order valence-corrected chi connectivity index (χ1v) is 6.37. The molecule has 5 nitrogen and oxygen atoms in total. The van der Waals surface area contributed by atoms with Crippen molar-refractivity contribution in [3.05, 3.63) is 11.9 Å². The van der Waals surface area contributed by atoms with Gasteiger partial charge in [-0.05, 0) is 26.3 Å². The van der Waals surface area contributed by atoms with Crippen molar-refractivity contribution in [2.24, 2.45) is 0 Å². The molecule has 2 saturated heterocycles. The van der Waals surface area contributed by atoms with E-state index in [1.807, 2.05) is 17.7 Å². The second kappa shape index (κ2) is 4.31. The fourth-order valence-corrected chi connectivity index (χ4v) is 2.93. The average Bonchev–Trinajstić information content (AvgIpc) is 2.85. The smallest absolute Gasteiger partial charge is 0.200 e. The molecule has 2 fully saturated rings. The van der Waals surface area contributed by atoms with Crippen LogP contribution in [0.5, 0.6) is 0 Å². The number of nitrogens with two attached hydrogens (primary N) is 1. The van der Waals surface area contributed by atoms with Gasteiger partial charge in [0.15, 0.2) is 5.95 Å². The lowest BCUT2D eigenvalue weighted by Crippen LogP contribution is -2.47. The van der Waals surface area contributed by atoms with Gasteiger partial charge < -0.3 is 15.0 Å². The molecule has 1 aromatic heterocycles. The molecule has 2 atom stereocenters. The molecule has 94 valence electrons. The first-order valence-electron chi connectivity index (χ1n) is 6.37. The van der Waals surface area contributed by atoms with Gasteiger partial charge in [-0.25, -0.2) is 4.98 Å². The van der Waals surface area contributed by atoms with E-state index in [4.69, 9.17) is 10.5 Å². The van der Waals surface area contributed by atoms with Crippen molar-refractivity contribution in [2.45, 2.75) is 38.5 Å². The fourth-order valence-electron chi connectivity index (χ4n) is 2.93. The van der Waals surface area contributed by atoms with Crippen molar-refractivity contribution in [1.29, 1.82) is 0 Å². The Morgan fingerprint density at radius 1 is 1.59 bits per heavy atom. The molecule has 1 aromatic rings. The van der Waals surface area contributed by atoms with Gasteiger partial charge in [0, 0.05) is 18.8 Å². The summed E-state index contributed by atoms with van der Waals surface area (Å²) < 4.78 is 7.91. The Kier molecular flexibility index (Phi) is 2.80. The van der Waals surface area contributed by atoms with E-state index in [1.165, 1.54) is 19.4 Å². The summed E-state index contributed by atoms with van der Waals surface area (Å²) in [4.78, 5) is 6.76. The number of hydrogen-bond acceptors (Lipinski definition) is 4. The summed E-state index contributed by atoms with van der Waals surface area (Å²) in [6.07, 6.45) is 4.85. The Morgan fingerprint density at radius 3 is 3.24 bits per heavy atom. The molecule has 0 saturated carbocycles. The van der Waals surface area contributed by atoms with Gasteiger partial charge in [0.05, 0.1) is 24.9 Å². The van der Waals surface area contributed by atoms with E-state index in [2.05, 4.69) is 9.88 Å². The number of imidazole rings is 1. The third-order valence-electron chi connectivity index (χ3n) is 3.79. The molecular weight excluding hydrogens is 216 g/mol. The fraction of sp³-hybridized carbons (Fsp3) is 0.750. The van der Waals surface area contributed by atoms with E-state index < -0.39 is 0 Å². The van der Waals surface area contributed by atoms with Gasteiger partial charge >= 0.3 is 0 Å². The lowest BCUT2D eigenvalue weighted by molar-refractivity contribution is -0.0549. The second-order valence-corrected chi connectivity index (χ2v) is 5.14. The quantitative estimate of drug-likeness (QED) is 0.818. The highest BCUT2D eigenvalue weighted by atomic mass is 16.5. The molecule has 0 radical (unpaired) electrons. The zero-order chi connectivity index (χ0) is 11.8. The summed E-state index contributed by atoms with van der Waals surface area (Å²) in [5.41, 5.74) is 6.82. The summed E-state index contributed by atoms with van der Waals surface area (Å²) in [7, 11) is 0. The zero-order valence-electron chi connectivity index (χ0n) is 10.3. The maximum absolute atomic E-state index is 5.91. The summed E-state index contributed by atoms with van der Waals surface area (Å²) in [5.74, 6) is 0.592. The summed E-state index contributed by atoms with van der Waals surface area (Å²) >= 11 is 0. The number of hydrogen-bond donors (Lipinski definition) is 1. The Morgan fingerprint density at radius 2 is 2.47 bits per heavy atom. The molecule has 2 unspecified atom stereocenters. The molecule has 0 spiro atoms. The van der Waals surface area contributed by atoms with Crippen LogP contribution in [-0.2, 0) is 11.3 Å². The summed E-state index contributed by atoms with van der Waals surface area (Å²) in [6.45, 7) is 5.91. The Balaban J connectivity index is 1.64. The Hall–Kier alpha value is -1.07. The number of fused-ring (bicyclic) bond motifs is 1. The topological polar surface area (TPSA) is 56.3 Å². The third-order valence-corrected chi connectivity index (χ3v) is 3.79.